The van der Waals surface area contributed by atoms with Crippen LogP contribution in [0.3, 0.4) is 0 Å². The fraction of sp³-hybridized carbons (Fsp3) is 0.0909. The van der Waals surface area contributed by atoms with E-state index >= 15 is 0 Å². The number of nitro groups is 1. The SMILES string of the molecule is COC(=O)c1ccccc1NC(=O)C(C)Sc1cccc(NC(=O)/C(=C\c2ccccc2[N+](=O)[O-])NC(=O)c2ccccc2)c1. The standard InChI is InChI=1S/C33H28N4O7S/c1-21(30(38)35-27-17-8-7-16-26(27)33(41)44-2)45-25-15-10-14-24(20-25)34-32(40)28(36-31(39)22-11-4-3-5-12-22)19-23-13-6-9-18-29(23)37(42)43/h3-21H,1-2H3,(H,34,40)(H,35,38)(H,36,39)/b28-19+. The topological polar surface area (TPSA) is 157 Å². The lowest BCUT2D eigenvalue weighted by Gasteiger charge is -2.15. The summed E-state index contributed by atoms with van der Waals surface area (Å²) in [5, 5.41) is 19.0. The molecule has 0 saturated carbocycles. The quantitative estimate of drug-likeness (QED) is 0.0611. The number of hydrogen-bond acceptors (Lipinski definition) is 8. The number of amides is 3. The zero-order valence-corrected chi connectivity index (χ0v) is 25.0. The number of nitrogens with one attached hydrogen (secondary N) is 3. The van der Waals surface area contributed by atoms with Gasteiger partial charge in [0.15, 0.2) is 0 Å². The second kappa shape index (κ2) is 15.1. The van der Waals surface area contributed by atoms with Crippen LogP contribution in [0.2, 0.25) is 0 Å². The van der Waals surface area contributed by atoms with Gasteiger partial charge in [-0.25, -0.2) is 4.79 Å². The Morgan fingerprint density at radius 3 is 2.29 bits per heavy atom. The Morgan fingerprint density at radius 1 is 0.867 bits per heavy atom. The smallest absolute Gasteiger partial charge is 0.339 e. The van der Waals surface area contributed by atoms with E-state index in [1.165, 1.54) is 43.1 Å². The molecule has 0 heterocycles. The van der Waals surface area contributed by atoms with Gasteiger partial charge in [-0.3, -0.25) is 24.5 Å². The minimum Gasteiger partial charge on any atom is -0.465 e. The molecule has 4 aromatic carbocycles. The molecule has 3 amide bonds. The third kappa shape index (κ3) is 8.65. The molecule has 0 aliphatic carbocycles. The highest BCUT2D eigenvalue weighted by molar-refractivity contribution is 8.00. The summed E-state index contributed by atoms with van der Waals surface area (Å²) < 4.78 is 4.78. The number of methoxy groups -OCH3 is 1. The predicted octanol–water partition coefficient (Wildman–Crippen LogP) is 5.91. The number of carbonyl (C=O) groups is 4. The molecule has 4 aromatic rings. The molecule has 45 heavy (non-hydrogen) atoms. The van der Waals surface area contributed by atoms with E-state index in [0.29, 0.717) is 21.8 Å². The van der Waals surface area contributed by atoms with E-state index in [2.05, 4.69) is 16.0 Å². The van der Waals surface area contributed by atoms with Crippen molar-refractivity contribution in [2.75, 3.05) is 17.7 Å². The minimum absolute atomic E-state index is 0.124. The molecule has 0 saturated heterocycles. The van der Waals surface area contributed by atoms with Crippen LogP contribution in [-0.2, 0) is 14.3 Å². The first-order valence-electron chi connectivity index (χ1n) is 13.5. The van der Waals surface area contributed by atoms with Crippen LogP contribution in [0.25, 0.3) is 6.08 Å². The van der Waals surface area contributed by atoms with Gasteiger partial charge in [-0.15, -0.1) is 11.8 Å². The van der Waals surface area contributed by atoms with Crippen molar-refractivity contribution >= 4 is 58.6 Å². The summed E-state index contributed by atoms with van der Waals surface area (Å²) >= 11 is 1.22. The van der Waals surface area contributed by atoms with E-state index < -0.39 is 28.0 Å². The second-order valence-electron chi connectivity index (χ2n) is 9.46. The number of anilines is 2. The van der Waals surface area contributed by atoms with Gasteiger partial charge in [0.2, 0.25) is 5.91 Å². The Kier molecular flexibility index (Phi) is 10.8. The first kappa shape index (κ1) is 32.2. The summed E-state index contributed by atoms with van der Waals surface area (Å²) in [6, 6.07) is 27.3. The molecular formula is C33H28N4O7S. The van der Waals surface area contributed by atoms with Crippen LogP contribution in [0.4, 0.5) is 17.1 Å². The lowest BCUT2D eigenvalue weighted by atomic mass is 10.1. The van der Waals surface area contributed by atoms with E-state index in [1.807, 2.05) is 0 Å². The summed E-state index contributed by atoms with van der Waals surface area (Å²) in [4.78, 5) is 63.0. The molecule has 12 heteroatoms. The summed E-state index contributed by atoms with van der Waals surface area (Å²) in [5.41, 5.74) is 0.858. The zero-order valence-electron chi connectivity index (χ0n) is 24.2. The Morgan fingerprint density at radius 2 is 1.56 bits per heavy atom. The summed E-state index contributed by atoms with van der Waals surface area (Å²) in [5.74, 6) is -2.23. The fourth-order valence-corrected chi connectivity index (χ4v) is 5.02. The van der Waals surface area contributed by atoms with Gasteiger partial charge < -0.3 is 20.7 Å². The summed E-state index contributed by atoms with van der Waals surface area (Å²) in [6.07, 6.45) is 1.24. The van der Waals surface area contributed by atoms with Gasteiger partial charge in [0.25, 0.3) is 17.5 Å². The molecule has 0 radical (unpaired) electrons. The molecule has 0 bridgehead atoms. The average Bonchev–Trinajstić information content (AvgIpc) is 3.05. The Bertz CT molecular complexity index is 1780. The van der Waals surface area contributed by atoms with Gasteiger partial charge in [0, 0.05) is 22.2 Å². The van der Waals surface area contributed by atoms with Crippen molar-refractivity contribution in [3.05, 3.63) is 136 Å². The molecule has 3 N–H and O–H groups in total. The van der Waals surface area contributed by atoms with Gasteiger partial charge in [0.05, 0.1) is 34.1 Å². The van der Waals surface area contributed by atoms with Crippen molar-refractivity contribution in [3.63, 3.8) is 0 Å². The van der Waals surface area contributed by atoms with Crippen molar-refractivity contribution in [3.8, 4) is 0 Å². The largest absolute Gasteiger partial charge is 0.465 e. The van der Waals surface area contributed by atoms with Gasteiger partial charge in [-0.1, -0.05) is 48.5 Å². The molecule has 228 valence electrons. The van der Waals surface area contributed by atoms with E-state index in [-0.39, 0.29) is 28.4 Å². The molecule has 0 aliphatic heterocycles. The number of thioether (sulfide) groups is 1. The molecule has 1 atom stereocenters. The highest BCUT2D eigenvalue weighted by atomic mass is 32.2. The Hall–Kier alpha value is -5.75. The van der Waals surface area contributed by atoms with E-state index in [4.69, 9.17) is 4.74 Å². The van der Waals surface area contributed by atoms with Crippen molar-refractivity contribution in [1.29, 1.82) is 0 Å². The van der Waals surface area contributed by atoms with Crippen molar-refractivity contribution in [2.24, 2.45) is 0 Å². The molecular weight excluding hydrogens is 596 g/mol. The lowest BCUT2D eigenvalue weighted by molar-refractivity contribution is -0.385. The highest BCUT2D eigenvalue weighted by Crippen LogP contribution is 2.28. The highest BCUT2D eigenvalue weighted by Gasteiger charge is 2.20. The van der Waals surface area contributed by atoms with E-state index in [0.717, 1.165) is 0 Å². The number of ether oxygens (including phenoxy) is 1. The Balaban J connectivity index is 1.52. The number of nitrogens with zero attached hydrogens (tertiary/aromatic N) is 1. The maximum absolute atomic E-state index is 13.4. The number of esters is 1. The number of hydrogen-bond donors (Lipinski definition) is 3. The zero-order chi connectivity index (χ0) is 32.3. The molecule has 0 aliphatic rings. The average molecular weight is 625 g/mol. The van der Waals surface area contributed by atoms with Crippen LogP contribution < -0.4 is 16.0 Å². The normalized spacial score (nSPS) is 11.6. The van der Waals surface area contributed by atoms with Crippen LogP contribution in [0, 0.1) is 10.1 Å². The van der Waals surface area contributed by atoms with Crippen LogP contribution >= 0.6 is 11.8 Å². The van der Waals surface area contributed by atoms with Crippen molar-refractivity contribution in [2.45, 2.75) is 17.1 Å². The van der Waals surface area contributed by atoms with Crippen LogP contribution in [0.1, 0.15) is 33.2 Å². The van der Waals surface area contributed by atoms with Crippen molar-refractivity contribution < 1.29 is 28.8 Å². The summed E-state index contributed by atoms with van der Waals surface area (Å²) in [7, 11) is 1.26. The number of nitro benzene ring substituents is 1. The molecule has 0 fully saturated rings. The molecule has 11 nitrogen and oxygen atoms in total. The molecule has 4 rings (SSSR count). The predicted molar refractivity (Wildman–Crippen MR) is 172 cm³/mol. The third-order valence-electron chi connectivity index (χ3n) is 6.33. The van der Waals surface area contributed by atoms with E-state index in [9.17, 15) is 29.3 Å². The maximum Gasteiger partial charge on any atom is 0.339 e. The van der Waals surface area contributed by atoms with Crippen LogP contribution in [0.15, 0.2) is 114 Å². The van der Waals surface area contributed by atoms with Gasteiger partial charge >= 0.3 is 5.97 Å². The monoisotopic (exact) mass is 624 g/mol. The maximum atomic E-state index is 13.4. The minimum atomic E-state index is -0.718. The third-order valence-corrected chi connectivity index (χ3v) is 7.42. The lowest BCUT2D eigenvalue weighted by Crippen LogP contribution is -2.30. The molecule has 0 spiro atoms. The first-order valence-corrected chi connectivity index (χ1v) is 14.4. The molecule has 1 unspecified atom stereocenters. The first-order chi connectivity index (χ1) is 21.7. The Labute approximate surface area is 262 Å². The number of para-hydroxylation sites is 2. The van der Waals surface area contributed by atoms with Gasteiger partial charge in [-0.05, 0) is 61.5 Å². The van der Waals surface area contributed by atoms with E-state index in [1.54, 1.807) is 91.9 Å². The van der Waals surface area contributed by atoms with Gasteiger partial charge in [0.1, 0.15) is 5.70 Å². The summed E-state index contributed by atoms with van der Waals surface area (Å²) in [6.45, 7) is 1.69. The number of benzene rings is 4. The fourth-order valence-electron chi connectivity index (χ4n) is 4.09. The molecule has 0 aromatic heterocycles. The van der Waals surface area contributed by atoms with Gasteiger partial charge in [-0.2, -0.15) is 0 Å². The number of carbonyl (C=O) groups excluding carboxylic acids is 4. The van der Waals surface area contributed by atoms with Crippen molar-refractivity contribution in [1.82, 2.24) is 5.32 Å². The second-order valence-corrected chi connectivity index (χ2v) is 10.9. The van der Waals surface area contributed by atoms with Crippen LogP contribution in [0.5, 0.6) is 0 Å². The number of rotatable bonds is 11. The van der Waals surface area contributed by atoms with Crippen LogP contribution in [-0.4, -0.2) is 41.0 Å².